The molecule has 1 amide bonds. The van der Waals surface area contributed by atoms with Crippen molar-refractivity contribution in [3.05, 3.63) is 52.2 Å². The van der Waals surface area contributed by atoms with Crippen LogP contribution in [0, 0.1) is 11.1 Å². The fraction of sp³-hybridized carbons (Fsp3) is 0.552. The molecule has 2 unspecified atom stereocenters. The van der Waals surface area contributed by atoms with E-state index in [4.69, 9.17) is 14.2 Å². The quantitative estimate of drug-likeness (QED) is 0.394. The second kappa shape index (κ2) is 8.00. The summed E-state index contributed by atoms with van der Waals surface area (Å²) in [5, 5.41) is 40.8. The Balaban J connectivity index is 1.27. The number of aromatic hydroxyl groups is 1. The molecule has 2 aromatic carbocycles. The summed E-state index contributed by atoms with van der Waals surface area (Å²) in [5.41, 5.74) is 0.0935. The zero-order valence-corrected chi connectivity index (χ0v) is 21.7. The lowest BCUT2D eigenvalue weighted by atomic mass is 9.48. The van der Waals surface area contributed by atoms with Crippen LogP contribution in [0.4, 0.5) is 0 Å². The second-order valence-electron chi connectivity index (χ2n) is 11.8. The smallest absolute Gasteiger partial charge is 0.251 e. The molecule has 0 radical (unpaired) electrons. The highest BCUT2D eigenvalue weighted by molar-refractivity contribution is 5.95. The van der Waals surface area contributed by atoms with Gasteiger partial charge in [-0.2, -0.15) is 0 Å². The Kier molecular flexibility index (Phi) is 5.07. The van der Waals surface area contributed by atoms with Crippen molar-refractivity contribution >= 4 is 5.91 Å². The van der Waals surface area contributed by atoms with Crippen LogP contribution >= 0.6 is 0 Å². The molecular formula is C29H34N2O7. The summed E-state index contributed by atoms with van der Waals surface area (Å²) in [7, 11) is 3.06. The first-order chi connectivity index (χ1) is 18.2. The zero-order chi connectivity index (χ0) is 26.4. The third kappa shape index (κ3) is 3.06. The number of hydrogen-bond donors (Lipinski definition) is 3. The van der Waals surface area contributed by atoms with Crippen LogP contribution in [0.5, 0.6) is 23.0 Å². The van der Waals surface area contributed by atoms with Gasteiger partial charge in [-0.15, -0.1) is 0 Å². The van der Waals surface area contributed by atoms with E-state index >= 15 is 0 Å². The van der Waals surface area contributed by atoms with Crippen molar-refractivity contribution < 1.29 is 33.9 Å². The average Bonchev–Trinajstić information content (AvgIpc) is 3.64. The Morgan fingerprint density at radius 2 is 1.95 bits per heavy atom. The number of likely N-dealkylation sites (tertiary alicyclic amines) is 1. The molecule has 9 nitrogen and oxygen atoms in total. The first-order valence-corrected chi connectivity index (χ1v) is 13.6. The minimum Gasteiger partial charge on any atom is -0.632 e. The van der Waals surface area contributed by atoms with Crippen LogP contribution < -0.4 is 19.5 Å². The van der Waals surface area contributed by atoms with Gasteiger partial charge in [-0.05, 0) is 55.5 Å². The fourth-order valence-corrected chi connectivity index (χ4v) is 8.13. The van der Waals surface area contributed by atoms with E-state index in [1.165, 1.54) is 7.11 Å². The van der Waals surface area contributed by atoms with Crippen molar-refractivity contribution in [1.29, 1.82) is 0 Å². The maximum Gasteiger partial charge on any atom is 0.251 e. The lowest BCUT2D eigenvalue weighted by molar-refractivity contribution is -0.924. The van der Waals surface area contributed by atoms with Crippen molar-refractivity contribution in [1.82, 2.24) is 5.32 Å². The maximum absolute atomic E-state index is 14.3. The minimum atomic E-state index is -1.27. The molecule has 2 aromatic rings. The molecular weight excluding hydrogens is 488 g/mol. The van der Waals surface area contributed by atoms with E-state index in [1.54, 1.807) is 31.4 Å². The van der Waals surface area contributed by atoms with Crippen LogP contribution in [0.25, 0.3) is 0 Å². The van der Waals surface area contributed by atoms with Crippen LogP contribution in [0.15, 0.2) is 30.3 Å². The number of hydroxylamine groups is 3. The number of piperidine rings is 1. The highest BCUT2D eigenvalue weighted by Crippen LogP contribution is 2.66. The number of hydrogen-bond acceptors (Lipinski definition) is 7. The third-order valence-corrected chi connectivity index (χ3v) is 10.0. The van der Waals surface area contributed by atoms with E-state index in [1.807, 2.05) is 6.07 Å². The van der Waals surface area contributed by atoms with Gasteiger partial charge in [0.25, 0.3) is 5.91 Å². The van der Waals surface area contributed by atoms with Crippen molar-refractivity contribution in [2.75, 3.05) is 27.3 Å². The molecule has 0 aromatic heterocycles. The Bertz CT molecular complexity index is 1330. The molecule has 3 aliphatic carbocycles. The van der Waals surface area contributed by atoms with Crippen LogP contribution in [0.1, 0.15) is 53.6 Å². The molecule has 2 saturated carbocycles. The molecule has 6 atom stereocenters. The number of methoxy groups -OCH3 is 2. The van der Waals surface area contributed by atoms with Crippen LogP contribution in [0.3, 0.4) is 0 Å². The number of benzene rings is 2. The van der Waals surface area contributed by atoms with E-state index in [9.17, 15) is 20.2 Å². The molecule has 9 heteroatoms. The number of phenols is 1. The number of amides is 1. The first-order valence-electron chi connectivity index (χ1n) is 13.6. The number of rotatable bonds is 6. The lowest BCUT2D eigenvalue weighted by Crippen LogP contribution is -2.81. The van der Waals surface area contributed by atoms with Crippen molar-refractivity contribution in [3.8, 4) is 23.0 Å². The fourth-order valence-electron chi connectivity index (χ4n) is 8.13. The number of ether oxygens (including phenoxy) is 3. The molecule has 2 heterocycles. The Morgan fingerprint density at radius 3 is 2.68 bits per heavy atom. The van der Waals surface area contributed by atoms with E-state index in [-0.39, 0.29) is 16.3 Å². The molecule has 3 N–H and O–H groups in total. The van der Waals surface area contributed by atoms with Gasteiger partial charge in [0, 0.05) is 29.9 Å². The molecule has 1 saturated heterocycles. The number of nitrogens with one attached hydrogen (secondary N) is 1. The summed E-state index contributed by atoms with van der Waals surface area (Å²) in [6.07, 6.45) is 3.35. The Labute approximate surface area is 221 Å². The lowest BCUT2D eigenvalue weighted by Gasteiger charge is -2.68. The van der Waals surface area contributed by atoms with Gasteiger partial charge in [0.05, 0.1) is 38.8 Å². The highest BCUT2D eigenvalue weighted by Gasteiger charge is 2.76. The van der Waals surface area contributed by atoms with Crippen LogP contribution in [-0.2, 0) is 11.8 Å². The van der Waals surface area contributed by atoms with E-state index < -0.39 is 29.2 Å². The van der Waals surface area contributed by atoms with Gasteiger partial charge in [0.15, 0.2) is 23.0 Å². The number of carbonyl (C=O) groups excluding carboxylic acids is 1. The largest absolute Gasteiger partial charge is 0.632 e. The summed E-state index contributed by atoms with van der Waals surface area (Å²) >= 11 is 0. The number of nitrogens with zero attached hydrogens (tertiary/aromatic N) is 1. The van der Waals surface area contributed by atoms with Crippen molar-refractivity contribution in [2.24, 2.45) is 5.92 Å². The topological polar surface area (TPSA) is 120 Å². The van der Waals surface area contributed by atoms with Gasteiger partial charge < -0.3 is 39.6 Å². The molecule has 2 bridgehead atoms. The summed E-state index contributed by atoms with van der Waals surface area (Å²) in [6, 6.07) is 7.61. The molecule has 5 aliphatic rings. The van der Waals surface area contributed by atoms with Gasteiger partial charge >= 0.3 is 0 Å². The summed E-state index contributed by atoms with van der Waals surface area (Å²) < 4.78 is 16.8. The van der Waals surface area contributed by atoms with Crippen molar-refractivity contribution in [3.63, 3.8) is 0 Å². The first kappa shape index (κ1) is 24.1. The number of phenolic OH excluding ortho intramolecular Hbond substituents is 1. The van der Waals surface area contributed by atoms with Gasteiger partial charge in [-0.25, -0.2) is 0 Å². The normalized spacial score (nSPS) is 36.2. The monoisotopic (exact) mass is 522 g/mol. The molecule has 7 rings (SSSR count). The Hall–Kier alpha value is -3.01. The zero-order valence-electron chi connectivity index (χ0n) is 21.7. The molecule has 202 valence electrons. The van der Waals surface area contributed by atoms with Crippen LogP contribution in [0.2, 0.25) is 0 Å². The molecule has 3 fully saturated rings. The molecule has 2 aliphatic heterocycles. The van der Waals surface area contributed by atoms with Crippen LogP contribution in [-0.4, -0.2) is 71.9 Å². The predicted molar refractivity (Wildman–Crippen MR) is 137 cm³/mol. The highest BCUT2D eigenvalue weighted by atomic mass is 16.6. The van der Waals surface area contributed by atoms with Gasteiger partial charge in [-0.3, -0.25) is 4.79 Å². The number of quaternary nitrogens is 1. The summed E-state index contributed by atoms with van der Waals surface area (Å²) in [5.74, 6) is 1.57. The Morgan fingerprint density at radius 1 is 1.16 bits per heavy atom. The standard InChI is InChI=1S/C29H34N2O7/c1-36-21-8-6-18(13-22(21)37-2)27(33)30-19-9-10-29(34)23-14-17-5-7-20(32)25-24(17)28(29,26(19)38-25)11-12-31(23,35)15-16-3-4-16/h5-8,13,16,19,23,26,32,34H,3-4,9-12,14-15H2,1-2H3,(H,30,33)/t19-,23-,26+,28?,29-,31?/m1/s1. The predicted octanol–water partition coefficient (Wildman–Crippen LogP) is 2.78. The molecule has 38 heavy (non-hydrogen) atoms. The number of aliphatic hydroxyl groups is 1. The maximum atomic E-state index is 14.3. The van der Waals surface area contributed by atoms with E-state index in [0.29, 0.717) is 67.5 Å². The van der Waals surface area contributed by atoms with Gasteiger partial charge in [0.1, 0.15) is 17.7 Å². The van der Waals surface area contributed by atoms with Gasteiger partial charge in [-0.1, -0.05) is 6.07 Å². The van der Waals surface area contributed by atoms with Gasteiger partial charge in [0.2, 0.25) is 0 Å². The number of carbonyl (C=O) groups is 1. The summed E-state index contributed by atoms with van der Waals surface area (Å²) in [6.45, 7) is 0.947. The minimum absolute atomic E-state index is 0.0322. The van der Waals surface area contributed by atoms with Crippen molar-refractivity contribution in [2.45, 2.75) is 67.7 Å². The molecule has 1 spiro atoms. The summed E-state index contributed by atoms with van der Waals surface area (Å²) in [4.78, 5) is 13.4. The SMILES string of the molecule is COc1ccc(C(=O)N[C@@H]2CC[C@@]3(O)[C@H]4Cc5ccc(O)c6c5C3(CC[N+]4([O-])CC3CC3)[C@H]2O6)cc1OC. The van der Waals surface area contributed by atoms with E-state index in [0.717, 1.165) is 24.0 Å². The second-order valence-corrected chi connectivity index (χ2v) is 11.8. The van der Waals surface area contributed by atoms with E-state index in [2.05, 4.69) is 5.32 Å². The average molecular weight is 523 g/mol. The third-order valence-electron chi connectivity index (χ3n) is 10.0.